The van der Waals surface area contributed by atoms with Gasteiger partial charge in [0.2, 0.25) is 0 Å². The van der Waals surface area contributed by atoms with Crippen molar-refractivity contribution in [3.63, 3.8) is 0 Å². The molecule has 0 N–H and O–H groups in total. The average molecular weight is 578 g/mol. The number of benzene rings is 4. The summed E-state index contributed by atoms with van der Waals surface area (Å²) in [5, 5.41) is 7.84. The summed E-state index contributed by atoms with van der Waals surface area (Å²) in [7, 11) is 3.37. The molecule has 1 aliphatic heterocycles. The van der Waals surface area contributed by atoms with Gasteiger partial charge in [0.1, 0.15) is 5.75 Å². The smallest absolute Gasteiger partial charge is 0.283 e. The summed E-state index contributed by atoms with van der Waals surface area (Å²) in [4.78, 5) is 2.48. The molecule has 8 heteroatoms. The number of nitrogens with zero attached hydrogens (tertiary/aromatic N) is 3. The number of ether oxygens (including phenoxy) is 4. The second kappa shape index (κ2) is 13.4. The fourth-order valence-electron chi connectivity index (χ4n) is 5.35. The molecule has 0 amide bonds. The minimum absolute atomic E-state index is 0.393. The van der Waals surface area contributed by atoms with E-state index in [1.165, 1.54) is 22.3 Å². The molecule has 0 fully saturated rings. The van der Waals surface area contributed by atoms with Crippen LogP contribution in [0.25, 0.3) is 22.4 Å². The van der Waals surface area contributed by atoms with Crippen LogP contribution in [0.1, 0.15) is 23.1 Å². The molecule has 0 radical (unpaired) electrons. The van der Waals surface area contributed by atoms with Gasteiger partial charge < -0.3 is 18.9 Å². The molecule has 0 bridgehead atoms. The highest BCUT2D eigenvalue weighted by atomic mass is 16.6. The second-order valence-corrected chi connectivity index (χ2v) is 10.5. The molecular formula is C35H35N3O5. The Bertz CT molecular complexity index is 1620. The van der Waals surface area contributed by atoms with E-state index in [2.05, 4.69) is 63.7 Å². The largest absolute Gasteiger partial charge is 0.493 e. The van der Waals surface area contributed by atoms with E-state index < -0.39 is 0 Å². The third kappa shape index (κ3) is 6.81. The molecule has 0 unspecified atom stereocenters. The lowest BCUT2D eigenvalue weighted by atomic mass is 9.98. The Morgan fingerprint density at radius 1 is 0.721 bits per heavy atom. The number of aromatic nitrogens is 2. The highest BCUT2D eigenvalue weighted by molar-refractivity contribution is 5.65. The molecule has 0 aliphatic carbocycles. The molecule has 8 nitrogen and oxygen atoms in total. The van der Waals surface area contributed by atoms with Crippen molar-refractivity contribution in [2.24, 2.45) is 0 Å². The molecule has 5 aromatic rings. The highest BCUT2D eigenvalue weighted by Gasteiger charge is 2.20. The Kier molecular flexibility index (Phi) is 8.85. The summed E-state index contributed by atoms with van der Waals surface area (Å²) < 4.78 is 27.6. The topological polar surface area (TPSA) is 79.1 Å². The van der Waals surface area contributed by atoms with Crippen molar-refractivity contribution in [3.8, 4) is 45.5 Å². The SMILES string of the molecule is COc1cc2c(cc1OC)CN(Cc1ccc(-c3ccc(OCCCOc4nonc4-c4ccccc4)cc3)cc1)CC2. The van der Waals surface area contributed by atoms with Crippen LogP contribution >= 0.6 is 0 Å². The Balaban J connectivity index is 0.966. The van der Waals surface area contributed by atoms with Gasteiger partial charge in [-0.2, -0.15) is 0 Å². The standard InChI is InChI=1S/C35H35N3O5/c1-39-32-21-29-17-18-38(24-30(29)22-33(32)40-2)23-25-9-11-26(12-10-25)27-13-15-31(16-14-27)41-19-6-20-42-35-34(36-43-37-35)28-7-4-3-5-8-28/h3-5,7-16,21-22H,6,17-20,23-24H2,1-2H3. The maximum absolute atomic E-state index is 5.93. The Labute approximate surface area is 251 Å². The predicted molar refractivity (Wildman–Crippen MR) is 165 cm³/mol. The van der Waals surface area contributed by atoms with Crippen LogP contribution in [-0.2, 0) is 19.5 Å². The third-order valence-corrected chi connectivity index (χ3v) is 7.65. The van der Waals surface area contributed by atoms with Gasteiger partial charge in [-0.1, -0.05) is 66.7 Å². The first-order valence-electron chi connectivity index (χ1n) is 14.5. The molecule has 220 valence electrons. The van der Waals surface area contributed by atoms with E-state index >= 15 is 0 Å². The number of hydrogen-bond donors (Lipinski definition) is 0. The second-order valence-electron chi connectivity index (χ2n) is 10.5. The van der Waals surface area contributed by atoms with Gasteiger partial charge in [-0.05, 0) is 68.8 Å². The van der Waals surface area contributed by atoms with Gasteiger partial charge in [-0.15, -0.1) is 0 Å². The summed E-state index contributed by atoms with van der Waals surface area (Å²) >= 11 is 0. The van der Waals surface area contributed by atoms with Crippen molar-refractivity contribution >= 4 is 0 Å². The van der Waals surface area contributed by atoms with Gasteiger partial charge in [-0.25, -0.2) is 4.63 Å². The van der Waals surface area contributed by atoms with Crippen LogP contribution in [0.15, 0.2) is 95.6 Å². The summed E-state index contributed by atoms with van der Waals surface area (Å²) in [6.07, 6.45) is 1.71. The fourth-order valence-corrected chi connectivity index (χ4v) is 5.35. The Morgan fingerprint density at radius 2 is 1.40 bits per heavy atom. The highest BCUT2D eigenvalue weighted by Crippen LogP contribution is 2.34. The van der Waals surface area contributed by atoms with Crippen LogP contribution in [0, 0.1) is 0 Å². The van der Waals surface area contributed by atoms with E-state index in [0.29, 0.717) is 31.2 Å². The quantitative estimate of drug-likeness (QED) is 0.149. The maximum atomic E-state index is 5.93. The lowest BCUT2D eigenvalue weighted by Crippen LogP contribution is -2.30. The van der Waals surface area contributed by atoms with E-state index in [-0.39, 0.29) is 0 Å². The lowest BCUT2D eigenvalue weighted by Gasteiger charge is -2.29. The van der Waals surface area contributed by atoms with Crippen molar-refractivity contribution < 1.29 is 23.6 Å². The third-order valence-electron chi connectivity index (χ3n) is 7.65. The van der Waals surface area contributed by atoms with Crippen molar-refractivity contribution in [2.45, 2.75) is 25.9 Å². The van der Waals surface area contributed by atoms with Crippen LogP contribution in [-0.4, -0.2) is 49.2 Å². The monoisotopic (exact) mass is 577 g/mol. The minimum Gasteiger partial charge on any atom is -0.493 e. The number of fused-ring (bicyclic) bond motifs is 1. The van der Waals surface area contributed by atoms with Gasteiger partial charge in [0.25, 0.3) is 5.88 Å². The van der Waals surface area contributed by atoms with Gasteiger partial charge >= 0.3 is 0 Å². The van der Waals surface area contributed by atoms with Crippen LogP contribution in [0.4, 0.5) is 0 Å². The number of rotatable bonds is 12. The van der Waals surface area contributed by atoms with E-state index in [1.807, 2.05) is 42.5 Å². The molecule has 2 heterocycles. The maximum Gasteiger partial charge on any atom is 0.283 e. The van der Waals surface area contributed by atoms with E-state index in [9.17, 15) is 0 Å². The molecule has 0 saturated carbocycles. The molecule has 0 atom stereocenters. The molecule has 4 aromatic carbocycles. The van der Waals surface area contributed by atoms with Gasteiger partial charge in [0, 0.05) is 31.6 Å². The zero-order chi connectivity index (χ0) is 29.4. The Hall–Kier alpha value is -4.82. The normalized spacial score (nSPS) is 12.9. The zero-order valence-corrected chi connectivity index (χ0v) is 24.5. The summed E-state index contributed by atoms with van der Waals surface area (Å²) in [6.45, 7) is 3.80. The lowest BCUT2D eigenvalue weighted by molar-refractivity contribution is 0.226. The minimum atomic E-state index is 0.393. The van der Waals surface area contributed by atoms with Gasteiger partial charge in [0.05, 0.1) is 27.4 Å². The van der Waals surface area contributed by atoms with E-state index in [0.717, 1.165) is 54.4 Å². The first kappa shape index (κ1) is 28.3. The first-order chi connectivity index (χ1) is 21.2. The van der Waals surface area contributed by atoms with Crippen LogP contribution < -0.4 is 18.9 Å². The molecule has 43 heavy (non-hydrogen) atoms. The summed E-state index contributed by atoms with van der Waals surface area (Å²) in [5.74, 6) is 2.81. The number of methoxy groups -OCH3 is 2. The molecule has 6 rings (SSSR count). The van der Waals surface area contributed by atoms with Crippen LogP contribution in [0.2, 0.25) is 0 Å². The molecule has 1 aliphatic rings. The zero-order valence-electron chi connectivity index (χ0n) is 24.5. The van der Waals surface area contributed by atoms with Gasteiger partial charge in [-0.3, -0.25) is 4.90 Å². The van der Waals surface area contributed by atoms with Crippen molar-refractivity contribution in [3.05, 3.63) is 108 Å². The molecule has 0 spiro atoms. The van der Waals surface area contributed by atoms with Gasteiger partial charge in [0.15, 0.2) is 17.2 Å². The van der Waals surface area contributed by atoms with Crippen LogP contribution in [0.3, 0.4) is 0 Å². The fraction of sp³-hybridized carbons (Fsp3) is 0.257. The number of hydrogen-bond acceptors (Lipinski definition) is 8. The predicted octanol–water partition coefficient (Wildman–Crippen LogP) is 6.83. The summed E-state index contributed by atoms with van der Waals surface area (Å²) in [6, 6.07) is 31.0. The molecule has 1 aromatic heterocycles. The Morgan fingerprint density at radius 3 is 2.12 bits per heavy atom. The van der Waals surface area contributed by atoms with Crippen molar-refractivity contribution in [2.75, 3.05) is 34.0 Å². The van der Waals surface area contributed by atoms with E-state index in [4.69, 9.17) is 23.6 Å². The molecule has 0 saturated heterocycles. The van der Waals surface area contributed by atoms with Crippen molar-refractivity contribution in [1.82, 2.24) is 15.2 Å². The molecular weight excluding hydrogens is 542 g/mol. The first-order valence-corrected chi connectivity index (χ1v) is 14.5. The van der Waals surface area contributed by atoms with Crippen molar-refractivity contribution in [1.29, 1.82) is 0 Å². The van der Waals surface area contributed by atoms with E-state index in [1.54, 1.807) is 14.2 Å². The average Bonchev–Trinajstić information content (AvgIpc) is 3.53. The summed E-state index contributed by atoms with van der Waals surface area (Å²) in [5.41, 5.74) is 7.78. The van der Waals surface area contributed by atoms with Crippen LogP contribution in [0.5, 0.6) is 23.1 Å².